The number of aromatic nitrogens is 1. The van der Waals surface area contributed by atoms with E-state index in [-0.39, 0.29) is 0 Å². The predicted molar refractivity (Wildman–Crippen MR) is 74.5 cm³/mol. The molecule has 4 heteroatoms. The van der Waals surface area contributed by atoms with Crippen LogP contribution in [0, 0.1) is 11.3 Å². The van der Waals surface area contributed by atoms with Crippen LogP contribution in [-0.2, 0) is 6.42 Å². The topological polar surface area (TPSA) is 62.7 Å². The molecule has 3 nitrogen and oxygen atoms in total. The third-order valence-electron chi connectivity index (χ3n) is 2.70. The van der Waals surface area contributed by atoms with Crippen LogP contribution >= 0.6 is 11.3 Å². The van der Waals surface area contributed by atoms with E-state index in [0.717, 1.165) is 16.9 Å². The lowest BCUT2D eigenvalue weighted by Gasteiger charge is -2.06. The summed E-state index contributed by atoms with van der Waals surface area (Å²) < 4.78 is 0. The standard InChI is InChI=1S/C14H13N3S/c1-2-10-5-7-18-14(10)13(16)12(8-15)11-4-3-6-17-9-11/h3-7,9H,2,16H2,1H3/b13-12+. The number of nitrogens with zero attached hydrogens (tertiary/aromatic N) is 2. The number of aryl methyl sites for hydroxylation is 1. The average molecular weight is 255 g/mol. The molecule has 0 saturated heterocycles. The zero-order valence-electron chi connectivity index (χ0n) is 10.1. The van der Waals surface area contributed by atoms with E-state index in [0.29, 0.717) is 11.3 Å². The van der Waals surface area contributed by atoms with Gasteiger partial charge in [0.2, 0.25) is 0 Å². The third kappa shape index (κ3) is 2.27. The third-order valence-corrected chi connectivity index (χ3v) is 3.69. The molecule has 18 heavy (non-hydrogen) atoms. The predicted octanol–water partition coefficient (Wildman–Crippen LogP) is 3.06. The normalized spacial score (nSPS) is 11.8. The van der Waals surface area contributed by atoms with Crippen molar-refractivity contribution in [2.24, 2.45) is 5.73 Å². The van der Waals surface area contributed by atoms with Gasteiger partial charge in [-0.25, -0.2) is 0 Å². The van der Waals surface area contributed by atoms with Gasteiger partial charge < -0.3 is 5.73 Å². The van der Waals surface area contributed by atoms with Gasteiger partial charge in [0.1, 0.15) is 6.07 Å². The molecule has 0 aliphatic rings. The zero-order chi connectivity index (χ0) is 13.0. The number of nitriles is 1. The van der Waals surface area contributed by atoms with Gasteiger partial charge in [-0.3, -0.25) is 4.98 Å². The SMILES string of the molecule is CCc1ccsc1/C(N)=C(/C#N)c1cccnc1. The maximum atomic E-state index is 9.30. The van der Waals surface area contributed by atoms with Crippen LogP contribution in [0.2, 0.25) is 0 Å². The first-order valence-electron chi connectivity index (χ1n) is 5.65. The van der Waals surface area contributed by atoms with E-state index in [9.17, 15) is 5.26 Å². The van der Waals surface area contributed by atoms with Crippen molar-refractivity contribution in [1.82, 2.24) is 4.98 Å². The molecule has 2 aromatic rings. The van der Waals surface area contributed by atoms with Gasteiger partial charge in [-0.15, -0.1) is 11.3 Å². The molecular weight excluding hydrogens is 242 g/mol. The van der Waals surface area contributed by atoms with Gasteiger partial charge in [-0.05, 0) is 29.5 Å². The second-order valence-corrected chi connectivity index (χ2v) is 4.69. The highest BCUT2D eigenvalue weighted by Crippen LogP contribution is 2.28. The van der Waals surface area contributed by atoms with Crippen molar-refractivity contribution in [3.05, 3.63) is 52.0 Å². The van der Waals surface area contributed by atoms with Crippen molar-refractivity contribution in [1.29, 1.82) is 5.26 Å². The summed E-state index contributed by atoms with van der Waals surface area (Å²) in [5.41, 5.74) is 9.10. The summed E-state index contributed by atoms with van der Waals surface area (Å²) in [6, 6.07) is 7.87. The van der Waals surface area contributed by atoms with Crippen LogP contribution in [0.15, 0.2) is 36.0 Å². The summed E-state index contributed by atoms with van der Waals surface area (Å²) in [6.45, 7) is 2.08. The first-order chi connectivity index (χ1) is 8.77. The maximum Gasteiger partial charge on any atom is 0.102 e. The van der Waals surface area contributed by atoms with Crippen LogP contribution in [0.3, 0.4) is 0 Å². The van der Waals surface area contributed by atoms with Crippen molar-refractivity contribution in [3.63, 3.8) is 0 Å². The lowest BCUT2D eigenvalue weighted by Crippen LogP contribution is -2.01. The summed E-state index contributed by atoms with van der Waals surface area (Å²) in [6.07, 6.45) is 4.24. The minimum Gasteiger partial charge on any atom is -0.396 e. The molecule has 0 aliphatic heterocycles. The highest BCUT2D eigenvalue weighted by Gasteiger charge is 2.12. The summed E-state index contributed by atoms with van der Waals surface area (Å²) in [4.78, 5) is 5.01. The van der Waals surface area contributed by atoms with E-state index in [1.165, 1.54) is 5.56 Å². The molecule has 2 rings (SSSR count). The Morgan fingerprint density at radius 3 is 2.94 bits per heavy atom. The Morgan fingerprint density at radius 2 is 2.33 bits per heavy atom. The van der Waals surface area contributed by atoms with Crippen LogP contribution in [0.25, 0.3) is 11.3 Å². The lowest BCUT2D eigenvalue weighted by atomic mass is 10.0. The van der Waals surface area contributed by atoms with Crippen molar-refractivity contribution in [3.8, 4) is 6.07 Å². The van der Waals surface area contributed by atoms with E-state index in [4.69, 9.17) is 5.73 Å². The number of thiophene rings is 1. The molecule has 0 aliphatic carbocycles. The van der Waals surface area contributed by atoms with E-state index in [1.807, 2.05) is 17.5 Å². The van der Waals surface area contributed by atoms with Crippen molar-refractivity contribution in [2.75, 3.05) is 0 Å². The van der Waals surface area contributed by atoms with Gasteiger partial charge in [-0.1, -0.05) is 13.0 Å². The fourth-order valence-corrected chi connectivity index (χ4v) is 2.72. The van der Waals surface area contributed by atoms with Gasteiger partial charge in [0.25, 0.3) is 0 Å². The number of pyridine rings is 1. The van der Waals surface area contributed by atoms with Gasteiger partial charge >= 0.3 is 0 Å². The molecule has 0 atom stereocenters. The number of allylic oxidation sites excluding steroid dienone is 1. The first kappa shape index (κ1) is 12.3. The van der Waals surface area contributed by atoms with E-state index < -0.39 is 0 Å². The molecule has 0 saturated carbocycles. The number of nitrogens with two attached hydrogens (primary N) is 1. The van der Waals surface area contributed by atoms with Crippen molar-refractivity contribution >= 4 is 22.6 Å². The van der Waals surface area contributed by atoms with Crippen LogP contribution in [0.4, 0.5) is 0 Å². The van der Waals surface area contributed by atoms with Gasteiger partial charge in [0.15, 0.2) is 0 Å². The van der Waals surface area contributed by atoms with Gasteiger partial charge in [-0.2, -0.15) is 5.26 Å². The highest BCUT2D eigenvalue weighted by atomic mass is 32.1. The van der Waals surface area contributed by atoms with E-state index in [2.05, 4.69) is 18.0 Å². The minimum absolute atomic E-state index is 0.486. The van der Waals surface area contributed by atoms with E-state index >= 15 is 0 Å². The Labute approximate surface area is 110 Å². The minimum atomic E-state index is 0.486. The Bertz CT molecular complexity index is 605. The monoisotopic (exact) mass is 255 g/mol. The molecule has 0 amide bonds. The molecule has 0 radical (unpaired) electrons. The lowest BCUT2D eigenvalue weighted by molar-refractivity contribution is 1.15. The van der Waals surface area contributed by atoms with Gasteiger partial charge in [0, 0.05) is 18.0 Å². The maximum absolute atomic E-state index is 9.30. The summed E-state index contributed by atoms with van der Waals surface area (Å²) in [5.74, 6) is 0. The molecule has 90 valence electrons. The Morgan fingerprint density at radius 1 is 1.50 bits per heavy atom. The second kappa shape index (κ2) is 5.48. The van der Waals surface area contributed by atoms with Crippen LogP contribution in [0.1, 0.15) is 22.9 Å². The molecule has 2 aromatic heterocycles. The smallest absolute Gasteiger partial charge is 0.102 e. The molecule has 0 aromatic carbocycles. The van der Waals surface area contributed by atoms with Crippen LogP contribution < -0.4 is 5.73 Å². The molecule has 2 heterocycles. The number of hydrogen-bond acceptors (Lipinski definition) is 4. The number of hydrogen-bond donors (Lipinski definition) is 1. The molecule has 0 spiro atoms. The van der Waals surface area contributed by atoms with E-state index in [1.54, 1.807) is 29.8 Å². The largest absolute Gasteiger partial charge is 0.396 e. The quantitative estimate of drug-likeness (QED) is 0.857. The fraction of sp³-hybridized carbons (Fsp3) is 0.143. The Kier molecular flexibility index (Phi) is 3.75. The molecular formula is C14H13N3S. The zero-order valence-corrected chi connectivity index (χ0v) is 10.9. The molecule has 0 bridgehead atoms. The Hall–Kier alpha value is -2.12. The van der Waals surface area contributed by atoms with Crippen molar-refractivity contribution < 1.29 is 0 Å². The fourth-order valence-electron chi connectivity index (χ4n) is 1.75. The Balaban J connectivity index is 2.55. The van der Waals surface area contributed by atoms with Crippen LogP contribution in [0.5, 0.6) is 0 Å². The second-order valence-electron chi connectivity index (χ2n) is 3.77. The number of rotatable bonds is 3. The highest BCUT2D eigenvalue weighted by molar-refractivity contribution is 7.11. The average Bonchev–Trinajstić information content (AvgIpc) is 2.89. The molecule has 2 N–H and O–H groups in total. The summed E-state index contributed by atoms with van der Waals surface area (Å²) in [7, 11) is 0. The van der Waals surface area contributed by atoms with Crippen molar-refractivity contribution in [2.45, 2.75) is 13.3 Å². The van der Waals surface area contributed by atoms with Gasteiger partial charge in [0.05, 0.1) is 16.1 Å². The molecule has 0 fully saturated rings. The van der Waals surface area contributed by atoms with Crippen LogP contribution in [-0.4, -0.2) is 4.98 Å². The first-order valence-corrected chi connectivity index (χ1v) is 6.52. The molecule has 0 unspecified atom stereocenters. The summed E-state index contributed by atoms with van der Waals surface area (Å²) in [5, 5.41) is 11.3. The summed E-state index contributed by atoms with van der Waals surface area (Å²) >= 11 is 1.57.